The summed E-state index contributed by atoms with van der Waals surface area (Å²) in [6.45, 7) is 5.81. The topological polar surface area (TPSA) is 103 Å². The number of ether oxygens (including phenoxy) is 1. The van der Waals surface area contributed by atoms with Crippen LogP contribution in [0.2, 0.25) is 0 Å². The van der Waals surface area contributed by atoms with Crippen LogP contribution in [0.5, 0.6) is 5.75 Å². The molecule has 1 aliphatic carbocycles. The zero-order valence-electron chi connectivity index (χ0n) is 15.8. The van der Waals surface area contributed by atoms with E-state index in [1.54, 1.807) is 14.0 Å². The minimum atomic E-state index is -0.549. The number of anilines is 1. The smallest absolute Gasteiger partial charge is 0.253 e. The molecule has 140 valence electrons. The standard InChI is InChI=1S/C20H22N4O3/c1-10-9-12(26-4)5-6-13(10)17-22-18(24-20(3)7-8-20)15-14(16(21)25)11(2)27-19(15)23-17/h5-6,9H,7-8H2,1-4H3,(H2,21,25)(H,22,23,24). The molecule has 1 aromatic carbocycles. The first kappa shape index (κ1) is 17.3. The molecule has 1 fully saturated rings. The lowest BCUT2D eigenvalue weighted by Crippen LogP contribution is -2.19. The number of carbonyl (C=O) groups excluding carboxylic acids is 1. The van der Waals surface area contributed by atoms with Crippen LogP contribution in [-0.4, -0.2) is 28.5 Å². The fourth-order valence-electron chi connectivity index (χ4n) is 3.23. The lowest BCUT2D eigenvalue weighted by Gasteiger charge is -2.15. The Morgan fingerprint density at radius 3 is 2.63 bits per heavy atom. The number of rotatable bonds is 5. The highest BCUT2D eigenvalue weighted by Gasteiger charge is 2.38. The first-order valence-electron chi connectivity index (χ1n) is 8.85. The van der Waals surface area contributed by atoms with Crippen LogP contribution in [0.3, 0.4) is 0 Å². The van der Waals surface area contributed by atoms with Crippen molar-refractivity contribution < 1.29 is 13.9 Å². The Kier molecular flexibility index (Phi) is 3.83. The van der Waals surface area contributed by atoms with Gasteiger partial charge in [-0.3, -0.25) is 4.79 Å². The Morgan fingerprint density at radius 2 is 2.04 bits per heavy atom. The number of aromatic nitrogens is 2. The van der Waals surface area contributed by atoms with Crippen LogP contribution in [0.1, 0.15) is 41.4 Å². The van der Waals surface area contributed by atoms with Crippen molar-refractivity contribution in [2.45, 2.75) is 39.2 Å². The number of nitrogens with zero attached hydrogens (tertiary/aromatic N) is 2. The number of hydrogen-bond acceptors (Lipinski definition) is 6. The Morgan fingerprint density at radius 1 is 1.30 bits per heavy atom. The predicted octanol–water partition coefficient (Wildman–Crippen LogP) is 3.58. The molecule has 2 heterocycles. The van der Waals surface area contributed by atoms with Gasteiger partial charge >= 0.3 is 0 Å². The summed E-state index contributed by atoms with van der Waals surface area (Å²) in [5, 5.41) is 4.00. The van der Waals surface area contributed by atoms with E-state index in [1.807, 2.05) is 25.1 Å². The number of carbonyl (C=O) groups is 1. The van der Waals surface area contributed by atoms with E-state index in [4.69, 9.17) is 19.9 Å². The van der Waals surface area contributed by atoms with E-state index < -0.39 is 5.91 Å². The second-order valence-corrected chi connectivity index (χ2v) is 7.34. The van der Waals surface area contributed by atoms with Gasteiger partial charge in [-0.05, 0) is 57.4 Å². The molecule has 0 bridgehead atoms. The van der Waals surface area contributed by atoms with Gasteiger partial charge in [0.2, 0.25) is 5.71 Å². The van der Waals surface area contributed by atoms with E-state index >= 15 is 0 Å². The molecule has 1 amide bonds. The van der Waals surface area contributed by atoms with Crippen LogP contribution in [0, 0.1) is 13.8 Å². The number of hydrogen-bond donors (Lipinski definition) is 2. The van der Waals surface area contributed by atoms with Gasteiger partial charge in [0.05, 0.1) is 18.1 Å². The van der Waals surface area contributed by atoms with Gasteiger partial charge < -0.3 is 20.2 Å². The Hall–Kier alpha value is -3.09. The molecule has 27 heavy (non-hydrogen) atoms. The van der Waals surface area contributed by atoms with Gasteiger partial charge in [-0.2, -0.15) is 4.98 Å². The lowest BCUT2D eigenvalue weighted by atomic mass is 10.1. The summed E-state index contributed by atoms with van der Waals surface area (Å²) in [5.74, 6) is 1.77. The molecular weight excluding hydrogens is 344 g/mol. The van der Waals surface area contributed by atoms with E-state index in [-0.39, 0.29) is 5.54 Å². The summed E-state index contributed by atoms with van der Waals surface area (Å²) in [7, 11) is 1.63. The second kappa shape index (κ2) is 5.97. The fourth-order valence-corrected chi connectivity index (χ4v) is 3.23. The Bertz CT molecular complexity index is 1070. The number of furan rings is 1. The van der Waals surface area contributed by atoms with E-state index in [0.717, 1.165) is 29.7 Å². The molecule has 3 N–H and O–H groups in total. The van der Waals surface area contributed by atoms with Gasteiger partial charge in [0.25, 0.3) is 5.91 Å². The van der Waals surface area contributed by atoms with Crippen molar-refractivity contribution in [3.05, 3.63) is 35.1 Å². The second-order valence-electron chi connectivity index (χ2n) is 7.34. The molecule has 4 rings (SSSR count). The van der Waals surface area contributed by atoms with E-state index in [9.17, 15) is 4.79 Å². The SMILES string of the molecule is COc1ccc(-c2nc(NC3(C)CC3)c3c(C(N)=O)c(C)oc3n2)c(C)c1. The lowest BCUT2D eigenvalue weighted by molar-refractivity contribution is 0.1000. The van der Waals surface area contributed by atoms with Gasteiger partial charge in [0, 0.05) is 11.1 Å². The molecule has 7 nitrogen and oxygen atoms in total. The van der Waals surface area contributed by atoms with E-state index in [0.29, 0.717) is 34.1 Å². The summed E-state index contributed by atoms with van der Waals surface area (Å²) < 4.78 is 11.0. The third kappa shape index (κ3) is 2.99. The highest BCUT2D eigenvalue weighted by molar-refractivity contribution is 6.09. The van der Waals surface area contributed by atoms with Crippen molar-refractivity contribution in [2.75, 3.05) is 12.4 Å². The molecule has 2 aromatic heterocycles. The van der Waals surface area contributed by atoms with Gasteiger partial charge in [-0.25, -0.2) is 4.98 Å². The Labute approximate surface area is 156 Å². The molecule has 0 atom stereocenters. The number of nitrogens with one attached hydrogen (secondary N) is 1. The maximum Gasteiger partial charge on any atom is 0.253 e. The molecule has 0 spiro atoms. The highest BCUT2D eigenvalue weighted by atomic mass is 16.5. The molecule has 0 unspecified atom stereocenters. The third-order valence-electron chi connectivity index (χ3n) is 5.07. The van der Waals surface area contributed by atoms with Gasteiger partial charge in [-0.1, -0.05) is 0 Å². The molecule has 3 aromatic rings. The summed E-state index contributed by atoms with van der Waals surface area (Å²) in [6, 6.07) is 5.72. The highest BCUT2D eigenvalue weighted by Crippen LogP contribution is 2.41. The van der Waals surface area contributed by atoms with Gasteiger partial charge in [0.1, 0.15) is 17.3 Å². The average Bonchev–Trinajstić information content (AvgIpc) is 3.22. The third-order valence-corrected chi connectivity index (χ3v) is 5.07. The Balaban J connectivity index is 1.94. The van der Waals surface area contributed by atoms with E-state index in [2.05, 4.69) is 17.2 Å². The normalized spacial score (nSPS) is 15.0. The van der Waals surface area contributed by atoms with Crippen LogP contribution in [-0.2, 0) is 0 Å². The number of aryl methyl sites for hydroxylation is 2. The zero-order valence-corrected chi connectivity index (χ0v) is 15.8. The van der Waals surface area contributed by atoms with Crippen molar-refractivity contribution in [3.8, 4) is 17.1 Å². The van der Waals surface area contributed by atoms with Crippen molar-refractivity contribution >= 4 is 22.8 Å². The molecule has 7 heteroatoms. The first-order valence-corrected chi connectivity index (χ1v) is 8.85. The molecule has 0 radical (unpaired) electrons. The average molecular weight is 366 g/mol. The quantitative estimate of drug-likeness (QED) is 0.715. The largest absolute Gasteiger partial charge is 0.497 e. The molecule has 0 aliphatic heterocycles. The summed E-state index contributed by atoms with van der Waals surface area (Å²) >= 11 is 0. The van der Waals surface area contributed by atoms with Crippen LogP contribution < -0.4 is 15.8 Å². The molecule has 1 saturated carbocycles. The fraction of sp³-hybridized carbons (Fsp3) is 0.350. The number of methoxy groups -OCH3 is 1. The summed E-state index contributed by atoms with van der Waals surface area (Å²) in [6.07, 6.45) is 2.08. The van der Waals surface area contributed by atoms with Crippen LogP contribution in [0.25, 0.3) is 22.5 Å². The van der Waals surface area contributed by atoms with E-state index in [1.165, 1.54) is 0 Å². The summed E-state index contributed by atoms with van der Waals surface area (Å²) in [5.41, 5.74) is 8.09. The summed E-state index contributed by atoms with van der Waals surface area (Å²) in [4.78, 5) is 21.3. The number of primary amides is 1. The van der Waals surface area contributed by atoms with Crippen molar-refractivity contribution in [2.24, 2.45) is 5.73 Å². The predicted molar refractivity (Wildman–Crippen MR) is 103 cm³/mol. The van der Waals surface area contributed by atoms with Crippen LogP contribution >= 0.6 is 0 Å². The minimum Gasteiger partial charge on any atom is -0.497 e. The van der Waals surface area contributed by atoms with Crippen molar-refractivity contribution in [3.63, 3.8) is 0 Å². The molecule has 0 saturated heterocycles. The van der Waals surface area contributed by atoms with Crippen molar-refractivity contribution in [1.29, 1.82) is 0 Å². The van der Waals surface area contributed by atoms with Crippen molar-refractivity contribution in [1.82, 2.24) is 9.97 Å². The monoisotopic (exact) mass is 366 g/mol. The molecule has 1 aliphatic rings. The van der Waals surface area contributed by atoms with Gasteiger partial charge in [0.15, 0.2) is 5.82 Å². The number of benzene rings is 1. The number of fused-ring (bicyclic) bond motifs is 1. The zero-order chi connectivity index (χ0) is 19.3. The number of amides is 1. The molecular formula is C20H22N4O3. The van der Waals surface area contributed by atoms with Crippen LogP contribution in [0.15, 0.2) is 22.6 Å². The van der Waals surface area contributed by atoms with Crippen LogP contribution in [0.4, 0.5) is 5.82 Å². The van der Waals surface area contributed by atoms with Gasteiger partial charge in [-0.15, -0.1) is 0 Å². The maximum absolute atomic E-state index is 12.0. The maximum atomic E-state index is 12.0. The first-order chi connectivity index (χ1) is 12.8. The minimum absolute atomic E-state index is 0.0341. The number of nitrogens with two attached hydrogens (primary N) is 1.